The Kier molecular flexibility index (Phi) is 9.18. The first-order valence-corrected chi connectivity index (χ1v) is 28.4. The minimum Gasteiger partial charge on any atom is -0.456 e. The summed E-state index contributed by atoms with van der Waals surface area (Å²) in [6.45, 7) is 0. The smallest absolute Gasteiger partial charge is 0.160 e. The molecule has 0 N–H and O–H groups in total. The molecule has 0 aliphatic carbocycles. The van der Waals surface area contributed by atoms with Gasteiger partial charge in [-0.15, -0.1) is 0 Å². The van der Waals surface area contributed by atoms with Gasteiger partial charge in [-0.1, -0.05) is 146 Å². The van der Waals surface area contributed by atoms with E-state index in [1.165, 1.54) is 26.9 Å². The van der Waals surface area contributed by atoms with Gasteiger partial charge in [0.05, 0.1) is 44.5 Å². The van der Waals surface area contributed by atoms with Gasteiger partial charge in [-0.25, -0.2) is 9.97 Å². The van der Waals surface area contributed by atoms with Gasteiger partial charge in [-0.2, -0.15) is 0 Å². The first kappa shape index (κ1) is 45.3. The first-order chi connectivity index (χ1) is 41.6. The van der Waals surface area contributed by atoms with Crippen LogP contribution in [0.15, 0.2) is 274 Å². The summed E-state index contributed by atoms with van der Waals surface area (Å²) in [7, 11) is 0. The van der Waals surface area contributed by atoms with E-state index in [1.807, 2.05) is 36.4 Å². The fourth-order valence-corrected chi connectivity index (χ4v) is 13.6. The highest BCUT2D eigenvalue weighted by molar-refractivity contribution is 6.20. The second kappa shape index (κ2) is 17.0. The number of para-hydroxylation sites is 6. The average Bonchev–Trinajstić information content (AvgIpc) is 2.34. The molecule has 7 heterocycles. The van der Waals surface area contributed by atoms with Crippen molar-refractivity contribution in [2.45, 2.75) is 0 Å². The lowest BCUT2D eigenvalue weighted by Crippen LogP contribution is -1.99. The normalized spacial score (nSPS) is 12.3. The van der Waals surface area contributed by atoms with Crippen LogP contribution in [-0.2, 0) is 0 Å². The van der Waals surface area contributed by atoms with Crippen molar-refractivity contribution in [2.75, 3.05) is 0 Å². The summed E-state index contributed by atoms with van der Waals surface area (Å²) in [4.78, 5) is 11.0. The van der Waals surface area contributed by atoms with Gasteiger partial charge in [0.25, 0.3) is 0 Å². The number of aromatic nitrogens is 5. The quantitative estimate of drug-likeness (QED) is 0.166. The molecule has 19 aromatic rings. The van der Waals surface area contributed by atoms with Crippen LogP contribution >= 0.6 is 0 Å². The lowest BCUT2D eigenvalue weighted by Gasteiger charge is -2.14. The van der Waals surface area contributed by atoms with Gasteiger partial charge in [0.2, 0.25) is 0 Å². The maximum Gasteiger partial charge on any atom is 0.160 e. The summed E-state index contributed by atoms with van der Waals surface area (Å²) < 4.78 is 26.5. The van der Waals surface area contributed by atoms with Crippen molar-refractivity contribution >= 4 is 131 Å². The van der Waals surface area contributed by atoms with Gasteiger partial charge in [0, 0.05) is 117 Å². The zero-order valence-corrected chi connectivity index (χ0v) is 44.8. The highest BCUT2D eigenvalue weighted by Gasteiger charge is 2.22. The Hall–Kier alpha value is -11.5. The fourth-order valence-electron chi connectivity index (χ4n) is 13.6. The van der Waals surface area contributed by atoms with Crippen LogP contribution in [0.25, 0.3) is 182 Å². The van der Waals surface area contributed by atoms with E-state index in [9.17, 15) is 0 Å². The van der Waals surface area contributed by atoms with Crippen LogP contribution in [0.1, 0.15) is 0 Å². The standard InChI is InChI=1S/C76H43N5O3/c1-7-25-64-50(19-1)56-37-59-53-22-4-10-28-70(53)82-73(59)41-67(56)79(64)47-33-31-44(32-34-47)62-40-63(45-15-13-17-48(35-45)80-65-26-8-2-20-51(65)57-38-60-54-23-5-11-29-71(54)83-74(60)42-68(57)80)78-76(77-62)46-16-14-18-49(36-46)81-66-27-9-3-21-52(66)58-39-61-55-24-6-12-30-72(55)84-75(61)43-69(58)81/h1-43H. The summed E-state index contributed by atoms with van der Waals surface area (Å²) in [5, 5.41) is 13.7. The van der Waals surface area contributed by atoms with Crippen LogP contribution in [0.4, 0.5) is 0 Å². The molecule has 0 saturated carbocycles. The molecule has 0 aliphatic heterocycles. The molecule has 0 atom stereocenters. The maximum absolute atomic E-state index is 6.50. The third-order valence-electron chi connectivity index (χ3n) is 17.4. The molecule has 0 unspecified atom stereocenters. The predicted molar refractivity (Wildman–Crippen MR) is 343 cm³/mol. The van der Waals surface area contributed by atoms with E-state index in [-0.39, 0.29) is 0 Å². The van der Waals surface area contributed by atoms with Crippen LogP contribution in [-0.4, -0.2) is 23.7 Å². The van der Waals surface area contributed by atoms with E-state index in [2.05, 4.69) is 238 Å². The molecule has 8 heteroatoms. The second-order valence-electron chi connectivity index (χ2n) is 22.1. The summed E-state index contributed by atoms with van der Waals surface area (Å²) in [5.74, 6) is 0.612. The van der Waals surface area contributed by atoms with Gasteiger partial charge in [0.15, 0.2) is 5.82 Å². The Morgan fingerprint density at radius 1 is 0.214 bits per heavy atom. The molecule has 0 fully saturated rings. The van der Waals surface area contributed by atoms with Crippen molar-refractivity contribution in [3.05, 3.63) is 261 Å². The molecule has 7 aromatic heterocycles. The SMILES string of the molecule is c1cc(-c2cc(-c3ccc(-n4c5ccccc5c5cc6c(cc54)oc4ccccc46)cc3)nc(-c3cccc(-n4c5ccccc5c5cc6c(cc54)oc4ccccc46)c3)n2)cc(-n2c3ccccc3c3cc4c(cc32)oc2ccccc24)c1. The van der Waals surface area contributed by atoms with E-state index < -0.39 is 0 Å². The Morgan fingerprint density at radius 2 is 0.583 bits per heavy atom. The lowest BCUT2D eigenvalue weighted by atomic mass is 10.0. The Balaban J connectivity index is 0.791. The number of furan rings is 3. The fraction of sp³-hybridized carbons (Fsp3) is 0. The summed E-state index contributed by atoms with van der Waals surface area (Å²) in [6, 6.07) is 92.5. The first-order valence-electron chi connectivity index (χ1n) is 28.4. The molecule has 19 rings (SSSR count). The summed E-state index contributed by atoms with van der Waals surface area (Å²) in [6.07, 6.45) is 0. The molecular weight excluding hydrogens is 1030 g/mol. The predicted octanol–water partition coefficient (Wildman–Crippen LogP) is 20.5. The van der Waals surface area contributed by atoms with E-state index >= 15 is 0 Å². The van der Waals surface area contributed by atoms with Crippen molar-refractivity contribution in [1.29, 1.82) is 0 Å². The highest BCUT2D eigenvalue weighted by Crippen LogP contribution is 2.43. The van der Waals surface area contributed by atoms with Crippen LogP contribution in [0.5, 0.6) is 0 Å². The van der Waals surface area contributed by atoms with Crippen LogP contribution in [0.2, 0.25) is 0 Å². The number of rotatable bonds is 6. The van der Waals surface area contributed by atoms with Crippen molar-refractivity contribution < 1.29 is 13.3 Å². The Morgan fingerprint density at radius 3 is 1.04 bits per heavy atom. The highest BCUT2D eigenvalue weighted by atomic mass is 16.3. The topological polar surface area (TPSA) is 80.0 Å². The zero-order valence-electron chi connectivity index (χ0n) is 44.8. The van der Waals surface area contributed by atoms with Crippen molar-refractivity contribution in [3.8, 4) is 51.0 Å². The lowest BCUT2D eigenvalue weighted by molar-refractivity contribution is 0.669. The largest absolute Gasteiger partial charge is 0.456 e. The van der Waals surface area contributed by atoms with E-state index in [0.29, 0.717) is 5.82 Å². The molecule has 0 amide bonds. The van der Waals surface area contributed by atoms with E-state index in [0.717, 1.165) is 149 Å². The van der Waals surface area contributed by atoms with Gasteiger partial charge in [-0.05, 0) is 97.1 Å². The minimum absolute atomic E-state index is 0.612. The molecule has 8 nitrogen and oxygen atoms in total. The molecule has 0 spiro atoms. The molecule has 0 saturated heterocycles. The average molecular weight is 1070 g/mol. The van der Waals surface area contributed by atoms with Crippen LogP contribution in [0, 0.1) is 0 Å². The Bertz CT molecular complexity index is 5750. The molecule has 12 aromatic carbocycles. The molecular formula is C76H43N5O3. The van der Waals surface area contributed by atoms with Gasteiger partial charge < -0.3 is 27.0 Å². The molecule has 84 heavy (non-hydrogen) atoms. The molecule has 0 bridgehead atoms. The third kappa shape index (κ3) is 6.53. The molecule has 0 aliphatic rings. The van der Waals surface area contributed by atoms with Crippen LogP contribution < -0.4 is 0 Å². The minimum atomic E-state index is 0.612. The second-order valence-corrected chi connectivity index (χ2v) is 22.1. The van der Waals surface area contributed by atoms with Gasteiger partial charge >= 0.3 is 0 Å². The monoisotopic (exact) mass is 1070 g/mol. The van der Waals surface area contributed by atoms with Crippen molar-refractivity contribution in [1.82, 2.24) is 23.7 Å². The maximum atomic E-state index is 6.50. The van der Waals surface area contributed by atoms with E-state index in [4.69, 9.17) is 23.2 Å². The van der Waals surface area contributed by atoms with Gasteiger partial charge in [-0.3, -0.25) is 0 Å². The Labute approximate surface area is 477 Å². The number of benzene rings is 12. The zero-order chi connectivity index (χ0) is 54.7. The number of nitrogens with zero attached hydrogens (tertiary/aromatic N) is 5. The third-order valence-corrected chi connectivity index (χ3v) is 17.4. The van der Waals surface area contributed by atoms with Gasteiger partial charge in [0.1, 0.15) is 33.5 Å². The molecule has 0 radical (unpaired) electrons. The van der Waals surface area contributed by atoms with E-state index in [1.54, 1.807) is 0 Å². The van der Waals surface area contributed by atoms with Crippen LogP contribution in [0.3, 0.4) is 0 Å². The number of fused-ring (bicyclic) bond motifs is 18. The number of hydrogen-bond donors (Lipinski definition) is 0. The summed E-state index contributed by atoms with van der Waals surface area (Å²) in [5.41, 5.74) is 19.2. The number of hydrogen-bond acceptors (Lipinski definition) is 5. The van der Waals surface area contributed by atoms with Crippen molar-refractivity contribution in [3.63, 3.8) is 0 Å². The summed E-state index contributed by atoms with van der Waals surface area (Å²) >= 11 is 0. The molecule has 390 valence electrons. The van der Waals surface area contributed by atoms with Crippen molar-refractivity contribution in [2.24, 2.45) is 0 Å².